The van der Waals surface area contributed by atoms with E-state index in [9.17, 15) is 0 Å². The number of benzene rings is 3. The standard InChI is InChI=1S/C23H23ClN4/c1-14-11-15(2)21(16(3)12-14)27-23-26-20-6-4-5-19(22(20)28-23)25-13-17-7-9-18(24)10-8-17/h4-12,25H,13H2,1-3H3,(H2,26,27,28). The van der Waals surface area contributed by atoms with Crippen molar-refractivity contribution in [2.45, 2.75) is 27.3 Å². The third-order valence-corrected chi connectivity index (χ3v) is 5.08. The SMILES string of the molecule is Cc1cc(C)c(Nc2nc3c(NCc4ccc(Cl)cc4)cccc3[nH]2)c(C)c1. The molecule has 0 amide bonds. The molecule has 1 aromatic heterocycles. The van der Waals surface area contributed by atoms with Crippen LogP contribution in [-0.4, -0.2) is 9.97 Å². The summed E-state index contributed by atoms with van der Waals surface area (Å²) >= 11 is 5.97. The fraction of sp³-hybridized carbons (Fsp3) is 0.174. The number of halogens is 1. The van der Waals surface area contributed by atoms with E-state index in [2.05, 4.69) is 48.5 Å². The molecule has 0 fully saturated rings. The van der Waals surface area contributed by atoms with E-state index in [0.717, 1.165) is 33.4 Å². The van der Waals surface area contributed by atoms with Crippen LogP contribution in [0.3, 0.4) is 0 Å². The fourth-order valence-corrected chi connectivity index (χ4v) is 3.66. The van der Waals surface area contributed by atoms with Crippen LogP contribution in [0.4, 0.5) is 17.3 Å². The quantitative estimate of drug-likeness (QED) is 0.364. The Hall–Kier alpha value is -2.98. The summed E-state index contributed by atoms with van der Waals surface area (Å²) in [5.41, 5.74) is 8.85. The first-order chi connectivity index (χ1) is 13.5. The number of H-pyrrole nitrogens is 1. The van der Waals surface area contributed by atoms with E-state index < -0.39 is 0 Å². The van der Waals surface area contributed by atoms with Crippen molar-refractivity contribution in [1.29, 1.82) is 0 Å². The average molecular weight is 391 g/mol. The number of aryl methyl sites for hydroxylation is 3. The van der Waals surface area contributed by atoms with E-state index in [4.69, 9.17) is 16.6 Å². The maximum Gasteiger partial charge on any atom is 0.205 e. The molecular weight excluding hydrogens is 368 g/mol. The third kappa shape index (κ3) is 3.82. The summed E-state index contributed by atoms with van der Waals surface area (Å²) in [4.78, 5) is 8.17. The second-order valence-electron chi connectivity index (χ2n) is 7.17. The Balaban J connectivity index is 1.59. The third-order valence-electron chi connectivity index (χ3n) is 4.83. The Bertz CT molecular complexity index is 1110. The number of anilines is 3. The van der Waals surface area contributed by atoms with Crippen molar-refractivity contribution in [1.82, 2.24) is 9.97 Å². The van der Waals surface area contributed by atoms with Crippen molar-refractivity contribution >= 4 is 40.0 Å². The second-order valence-corrected chi connectivity index (χ2v) is 7.60. The number of nitrogens with zero attached hydrogens (tertiary/aromatic N) is 1. The van der Waals surface area contributed by atoms with Gasteiger partial charge in [-0.25, -0.2) is 4.98 Å². The van der Waals surface area contributed by atoms with Gasteiger partial charge in [-0.2, -0.15) is 0 Å². The Morgan fingerprint density at radius 1 is 0.964 bits per heavy atom. The summed E-state index contributed by atoms with van der Waals surface area (Å²) < 4.78 is 0. The predicted octanol–water partition coefficient (Wildman–Crippen LogP) is 6.50. The van der Waals surface area contributed by atoms with Crippen molar-refractivity contribution in [3.8, 4) is 0 Å². The van der Waals surface area contributed by atoms with Gasteiger partial charge in [-0.15, -0.1) is 0 Å². The van der Waals surface area contributed by atoms with E-state index in [1.165, 1.54) is 22.3 Å². The molecule has 142 valence electrons. The molecule has 0 bridgehead atoms. The van der Waals surface area contributed by atoms with Gasteiger partial charge in [0.05, 0.1) is 11.2 Å². The Morgan fingerprint density at radius 2 is 1.68 bits per heavy atom. The topological polar surface area (TPSA) is 52.7 Å². The number of nitrogens with one attached hydrogen (secondary N) is 3. The number of para-hydroxylation sites is 1. The normalized spacial score (nSPS) is 11.0. The molecule has 0 unspecified atom stereocenters. The lowest BCUT2D eigenvalue weighted by atomic mass is 10.1. The van der Waals surface area contributed by atoms with E-state index in [-0.39, 0.29) is 0 Å². The number of hydrogen-bond donors (Lipinski definition) is 3. The molecule has 0 spiro atoms. The highest BCUT2D eigenvalue weighted by atomic mass is 35.5. The summed E-state index contributed by atoms with van der Waals surface area (Å²) in [5.74, 6) is 0.741. The van der Waals surface area contributed by atoms with Crippen LogP contribution in [0, 0.1) is 20.8 Å². The summed E-state index contributed by atoms with van der Waals surface area (Å²) in [5, 5.41) is 7.68. The van der Waals surface area contributed by atoms with E-state index in [1.54, 1.807) is 0 Å². The zero-order valence-corrected chi connectivity index (χ0v) is 17.0. The van der Waals surface area contributed by atoms with Gasteiger partial charge in [0.15, 0.2) is 0 Å². The fourth-order valence-electron chi connectivity index (χ4n) is 3.53. The van der Waals surface area contributed by atoms with Crippen LogP contribution in [0.2, 0.25) is 5.02 Å². The highest BCUT2D eigenvalue weighted by Crippen LogP contribution is 2.28. The lowest BCUT2D eigenvalue weighted by molar-refractivity contribution is 1.15. The first-order valence-electron chi connectivity index (χ1n) is 9.31. The first kappa shape index (κ1) is 18.4. The number of hydrogen-bond acceptors (Lipinski definition) is 3. The van der Waals surface area contributed by atoms with E-state index in [1.807, 2.05) is 42.5 Å². The van der Waals surface area contributed by atoms with Gasteiger partial charge in [0.2, 0.25) is 5.95 Å². The molecule has 0 aliphatic heterocycles. The first-order valence-corrected chi connectivity index (χ1v) is 9.69. The number of imidazole rings is 1. The van der Waals surface area contributed by atoms with Gasteiger partial charge >= 0.3 is 0 Å². The predicted molar refractivity (Wildman–Crippen MR) is 119 cm³/mol. The Morgan fingerprint density at radius 3 is 2.39 bits per heavy atom. The minimum Gasteiger partial charge on any atom is -0.379 e. The van der Waals surface area contributed by atoms with E-state index in [0.29, 0.717) is 6.54 Å². The molecule has 0 aliphatic rings. The van der Waals surface area contributed by atoms with Crippen LogP contribution < -0.4 is 10.6 Å². The molecular formula is C23H23ClN4. The summed E-state index contributed by atoms with van der Waals surface area (Å²) in [6, 6.07) is 18.3. The molecule has 5 heteroatoms. The maximum absolute atomic E-state index is 5.97. The van der Waals surface area contributed by atoms with Crippen LogP contribution in [0.15, 0.2) is 54.6 Å². The van der Waals surface area contributed by atoms with Crippen molar-refractivity contribution in [2.24, 2.45) is 0 Å². The van der Waals surface area contributed by atoms with Crippen LogP contribution in [0.5, 0.6) is 0 Å². The van der Waals surface area contributed by atoms with Crippen molar-refractivity contribution < 1.29 is 0 Å². The van der Waals surface area contributed by atoms with Gasteiger partial charge in [-0.1, -0.05) is 47.5 Å². The molecule has 4 aromatic rings. The summed E-state index contributed by atoms with van der Waals surface area (Å²) in [6.45, 7) is 7.06. The minimum atomic E-state index is 0.710. The molecule has 3 aromatic carbocycles. The molecule has 1 heterocycles. The van der Waals surface area contributed by atoms with Crippen molar-refractivity contribution in [3.05, 3.63) is 81.9 Å². The average Bonchev–Trinajstić information content (AvgIpc) is 3.07. The molecule has 0 atom stereocenters. The molecule has 4 nitrogen and oxygen atoms in total. The lowest BCUT2D eigenvalue weighted by Gasteiger charge is -2.11. The highest BCUT2D eigenvalue weighted by molar-refractivity contribution is 6.30. The molecule has 0 radical (unpaired) electrons. The maximum atomic E-state index is 5.97. The van der Waals surface area contributed by atoms with Crippen LogP contribution in [0.25, 0.3) is 11.0 Å². The van der Waals surface area contributed by atoms with Gasteiger partial charge in [-0.05, 0) is 61.7 Å². The molecule has 3 N–H and O–H groups in total. The van der Waals surface area contributed by atoms with Gasteiger partial charge in [0.25, 0.3) is 0 Å². The zero-order valence-electron chi connectivity index (χ0n) is 16.2. The van der Waals surface area contributed by atoms with Crippen LogP contribution in [0.1, 0.15) is 22.3 Å². The highest BCUT2D eigenvalue weighted by Gasteiger charge is 2.10. The number of aromatic nitrogens is 2. The van der Waals surface area contributed by atoms with Gasteiger partial charge in [-0.3, -0.25) is 0 Å². The summed E-state index contributed by atoms with van der Waals surface area (Å²) in [7, 11) is 0. The number of aromatic amines is 1. The Kier molecular flexibility index (Phi) is 4.97. The van der Waals surface area contributed by atoms with E-state index >= 15 is 0 Å². The largest absolute Gasteiger partial charge is 0.379 e. The van der Waals surface area contributed by atoms with Gasteiger partial charge in [0.1, 0.15) is 5.52 Å². The zero-order chi connectivity index (χ0) is 19.7. The van der Waals surface area contributed by atoms with Crippen molar-refractivity contribution in [2.75, 3.05) is 10.6 Å². The lowest BCUT2D eigenvalue weighted by Crippen LogP contribution is -2.00. The number of fused-ring (bicyclic) bond motifs is 1. The smallest absolute Gasteiger partial charge is 0.205 e. The Labute approximate surface area is 170 Å². The molecule has 0 saturated heterocycles. The monoisotopic (exact) mass is 390 g/mol. The van der Waals surface area contributed by atoms with Crippen LogP contribution in [-0.2, 0) is 6.54 Å². The van der Waals surface area contributed by atoms with Gasteiger partial charge in [0, 0.05) is 17.3 Å². The van der Waals surface area contributed by atoms with Crippen molar-refractivity contribution in [3.63, 3.8) is 0 Å². The molecule has 0 saturated carbocycles. The second kappa shape index (κ2) is 7.56. The molecule has 28 heavy (non-hydrogen) atoms. The molecule has 4 rings (SSSR count). The van der Waals surface area contributed by atoms with Gasteiger partial charge < -0.3 is 15.6 Å². The number of rotatable bonds is 5. The summed E-state index contributed by atoms with van der Waals surface area (Å²) in [6.07, 6.45) is 0. The molecule has 0 aliphatic carbocycles. The minimum absolute atomic E-state index is 0.710. The van der Waals surface area contributed by atoms with Crippen LogP contribution >= 0.6 is 11.6 Å².